The quantitative estimate of drug-likeness (QED) is 0.836. The Morgan fingerprint density at radius 2 is 2.00 bits per heavy atom. The fourth-order valence-corrected chi connectivity index (χ4v) is 2.77. The number of nitrogens with zero attached hydrogens (tertiary/aromatic N) is 2. The summed E-state index contributed by atoms with van der Waals surface area (Å²) in [5.41, 5.74) is 2.46. The second-order valence-electron chi connectivity index (χ2n) is 5.93. The summed E-state index contributed by atoms with van der Waals surface area (Å²) in [6.45, 7) is 7.91. The maximum atomic E-state index is 4.69. The van der Waals surface area contributed by atoms with E-state index in [9.17, 15) is 0 Å². The Labute approximate surface area is 122 Å². The number of fused-ring (bicyclic) bond motifs is 1. The zero-order valence-electron chi connectivity index (χ0n) is 13.2. The van der Waals surface area contributed by atoms with Crippen molar-refractivity contribution >= 4 is 10.9 Å². The van der Waals surface area contributed by atoms with Gasteiger partial charge in [-0.15, -0.1) is 0 Å². The van der Waals surface area contributed by atoms with Gasteiger partial charge in [0.2, 0.25) is 0 Å². The molecule has 1 aromatic carbocycles. The van der Waals surface area contributed by atoms with Crippen molar-refractivity contribution in [2.24, 2.45) is 13.0 Å². The Hall–Kier alpha value is -1.35. The number of hydrogen-bond donors (Lipinski definition) is 1. The van der Waals surface area contributed by atoms with Crippen LogP contribution in [0.25, 0.3) is 10.9 Å². The van der Waals surface area contributed by atoms with Crippen LogP contribution in [0.1, 0.15) is 39.3 Å². The van der Waals surface area contributed by atoms with Crippen molar-refractivity contribution in [2.75, 3.05) is 6.54 Å². The van der Waals surface area contributed by atoms with Gasteiger partial charge in [-0.3, -0.25) is 4.68 Å². The van der Waals surface area contributed by atoms with Crippen LogP contribution in [-0.4, -0.2) is 22.4 Å². The third-order valence-electron chi connectivity index (χ3n) is 3.99. The summed E-state index contributed by atoms with van der Waals surface area (Å²) < 4.78 is 1.99. The Balaban J connectivity index is 2.08. The van der Waals surface area contributed by atoms with Crippen LogP contribution in [0.2, 0.25) is 0 Å². The highest BCUT2D eigenvalue weighted by molar-refractivity contribution is 5.81. The van der Waals surface area contributed by atoms with Gasteiger partial charge in [0.15, 0.2) is 0 Å². The van der Waals surface area contributed by atoms with E-state index in [1.165, 1.54) is 23.0 Å². The molecule has 1 heterocycles. The van der Waals surface area contributed by atoms with E-state index in [-0.39, 0.29) is 0 Å². The van der Waals surface area contributed by atoms with Gasteiger partial charge in [-0.05, 0) is 37.8 Å². The lowest BCUT2D eigenvalue weighted by Gasteiger charge is -2.21. The summed E-state index contributed by atoms with van der Waals surface area (Å²) in [6.07, 6.45) is 3.38. The number of benzene rings is 1. The number of aryl methyl sites for hydroxylation is 2. The van der Waals surface area contributed by atoms with Gasteiger partial charge in [0, 0.05) is 18.5 Å². The van der Waals surface area contributed by atoms with Gasteiger partial charge in [0.25, 0.3) is 0 Å². The number of nitrogens with one attached hydrogen (secondary N) is 1. The van der Waals surface area contributed by atoms with E-state index < -0.39 is 0 Å². The zero-order chi connectivity index (χ0) is 14.5. The molecule has 0 aliphatic carbocycles. The van der Waals surface area contributed by atoms with Crippen molar-refractivity contribution in [3.05, 3.63) is 30.0 Å². The number of para-hydroxylation sites is 1. The summed E-state index contributed by atoms with van der Waals surface area (Å²) >= 11 is 0. The molecule has 0 amide bonds. The number of hydrogen-bond acceptors (Lipinski definition) is 2. The molecule has 1 aromatic heterocycles. The van der Waals surface area contributed by atoms with Crippen molar-refractivity contribution in [1.82, 2.24) is 15.1 Å². The van der Waals surface area contributed by atoms with Crippen LogP contribution >= 0.6 is 0 Å². The van der Waals surface area contributed by atoms with E-state index in [1.807, 2.05) is 11.7 Å². The topological polar surface area (TPSA) is 29.9 Å². The predicted molar refractivity (Wildman–Crippen MR) is 86.0 cm³/mol. The van der Waals surface area contributed by atoms with Crippen LogP contribution < -0.4 is 5.32 Å². The summed E-state index contributed by atoms with van der Waals surface area (Å²) in [7, 11) is 2.03. The minimum absolute atomic E-state index is 0.579. The van der Waals surface area contributed by atoms with Crippen molar-refractivity contribution in [3.63, 3.8) is 0 Å². The SMILES string of the molecule is CCCNC(CCc1nn(C)c2ccccc12)C(C)C. The van der Waals surface area contributed by atoms with E-state index in [1.54, 1.807) is 0 Å². The highest BCUT2D eigenvalue weighted by Gasteiger charge is 2.14. The normalized spacial score (nSPS) is 13.2. The average Bonchev–Trinajstić information content (AvgIpc) is 2.76. The molecule has 0 bridgehead atoms. The lowest BCUT2D eigenvalue weighted by Crippen LogP contribution is -2.34. The Morgan fingerprint density at radius 3 is 2.70 bits per heavy atom. The lowest BCUT2D eigenvalue weighted by molar-refractivity contribution is 0.377. The molecule has 0 radical (unpaired) electrons. The highest BCUT2D eigenvalue weighted by atomic mass is 15.3. The first-order valence-corrected chi connectivity index (χ1v) is 7.77. The molecule has 0 aliphatic rings. The molecule has 0 saturated heterocycles. The van der Waals surface area contributed by atoms with E-state index in [2.05, 4.69) is 50.4 Å². The van der Waals surface area contributed by atoms with E-state index >= 15 is 0 Å². The van der Waals surface area contributed by atoms with Crippen molar-refractivity contribution < 1.29 is 0 Å². The van der Waals surface area contributed by atoms with Crippen LogP contribution in [0.3, 0.4) is 0 Å². The maximum Gasteiger partial charge on any atom is 0.0703 e. The molecule has 0 fully saturated rings. The molecule has 1 unspecified atom stereocenters. The van der Waals surface area contributed by atoms with Gasteiger partial charge < -0.3 is 5.32 Å². The van der Waals surface area contributed by atoms with Crippen LogP contribution in [0.15, 0.2) is 24.3 Å². The molecule has 3 nitrogen and oxygen atoms in total. The summed E-state index contributed by atoms with van der Waals surface area (Å²) in [5, 5.41) is 9.65. The monoisotopic (exact) mass is 273 g/mol. The molecule has 110 valence electrons. The van der Waals surface area contributed by atoms with Gasteiger partial charge in [-0.25, -0.2) is 0 Å². The summed E-state index contributed by atoms with van der Waals surface area (Å²) in [4.78, 5) is 0. The molecule has 0 spiro atoms. The molecule has 0 aliphatic heterocycles. The molecule has 20 heavy (non-hydrogen) atoms. The van der Waals surface area contributed by atoms with E-state index in [0.29, 0.717) is 12.0 Å². The average molecular weight is 273 g/mol. The first kappa shape index (κ1) is 15.0. The van der Waals surface area contributed by atoms with Gasteiger partial charge in [-0.2, -0.15) is 5.10 Å². The molecular weight excluding hydrogens is 246 g/mol. The highest BCUT2D eigenvalue weighted by Crippen LogP contribution is 2.20. The molecular formula is C17H27N3. The smallest absolute Gasteiger partial charge is 0.0703 e. The van der Waals surface area contributed by atoms with Crippen LogP contribution in [0.5, 0.6) is 0 Å². The predicted octanol–water partition coefficient (Wildman–Crippen LogP) is 3.53. The van der Waals surface area contributed by atoms with Crippen molar-refractivity contribution in [2.45, 2.75) is 46.1 Å². The number of aromatic nitrogens is 2. The van der Waals surface area contributed by atoms with Gasteiger partial charge in [0.1, 0.15) is 0 Å². The molecule has 0 saturated carbocycles. The molecule has 1 N–H and O–H groups in total. The standard InChI is InChI=1S/C17H27N3/c1-5-12-18-15(13(2)3)10-11-16-14-8-6-7-9-17(14)20(4)19-16/h6-9,13,15,18H,5,10-12H2,1-4H3. The van der Waals surface area contributed by atoms with Gasteiger partial charge in [0.05, 0.1) is 11.2 Å². The Bertz CT molecular complexity index is 542. The van der Waals surface area contributed by atoms with E-state index in [0.717, 1.165) is 19.4 Å². The number of rotatable bonds is 7. The third-order valence-corrected chi connectivity index (χ3v) is 3.99. The van der Waals surface area contributed by atoms with Crippen molar-refractivity contribution in [3.8, 4) is 0 Å². The third kappa shape index (κ3) is 3.40. The first-order chi connectivity index (χ1) is 9.63. The fourth-order valence-electron chi connectivity index (χ4n) is 2.77. The van der Waals surface area contributed by atoms with Crippen LogP contribution in [0, 0.1) is 5.92 Å². The molecule has 3 heteroatoms. The fraction of sp³-hybridized carbons (Fsp3) is 0.588. The minimum Gasteiger partial charge on any atom is -0.314 e. The maximum absolute atomic E-state index is 4.69. The van der Waals surface area contributed by atoms with E-state index in [4.69, 9.17) is 5.10 Å². The Morgan fingerprint density at radius 1 is 1.25 bits per heavy atom. The van der Waals surface area contributed by atoms with Crippen LogP contribution in [-0.2, 0) is 13.5 Å². The largest absolute Gasteiger partial charge is 0.314 e. The van der Waals surface area contributed by atoms with Crippen molar-refractivity contribution in [1.29, 1.82) is 0 Å². The molecule has 2 rings (SSSR count). The summed E-state index contributed by atoms with van der Waals surface area (Å²) in [5.74, 6) is 0.663. The minimum atomic E-state index is 0.579. The van der Waals surface area contributed by atoms with Crippen LogP contribution in [0.4, 0.5) is 0 Å². The van der Waals surface area contributed by atoms with Gasteiger partial charge in [-0.1, -0.05) is 39.0 Å². The molecule has 2 aromatic rings. The second kappa shape index (κ2) is 6.89. The van der Waals surface area contributed by atoms with Gasteiger partial charge >= 0.3 is 0 Å². The Kier molecular flexibility index (Phi) is 5.18. The zero-order valence-corrected chi connectivity index (χ0v) is 13.2. The second-order valence-corrected chi connectivity index (χ2v) is 5.93. The lowest BCUT2D eigenvalue weighted by atomic mass is 9.97. The summed E-state index contributed by atoms with van der Waals surface area (Å²) in [6, 6.07) is 9.08. The first-order valence-electron chi connectivity index (χ1n) is 7.77. The molecule has 1 atom stereocenters.